The zero-order valence-corrected chi connectivity index (χ0v) is 23.0. The molecule has 2 atom stereocenters. The van der Waals surface area contributed by atoms with E-state index in [0.29, 0.717) is 11.4 Å². The molecular weight excluding hydrogens is 389 g/mol. The largest absolute Gasteiger partial charge is 0.400 e. The zero-order valence-electron chi connectivity index (χ0n) is 19.0. The van der Waals surface area contributed by atoms with Crippen LogP contribution < -0.4 is 11.5 Å². The van der Waals surface area contributed by atoms with Gasteiger partial charge in [0.15, 0.2) is 0 Å². The molecule has 0 saturated heterocycles. The molecule has 26 heavy (non-hydrogen) atoms. The molecule has 0 amide bonds. The summed E-state index contributed by atoms with van der Waals surface area (Å²) in [6.07, 6.45) is 0. The molecule has 1 rings (SSSR count). The minimum atomic E-state index is -2.20. The second-order valence-corrected chi connectivity index (χ2v) is 32.4. The van der Waals surface area contributed by atoms with Crippen molar-refractivity contribution < 1.29 is 10.2 Å². The van der Waals surface area contributed by atoms with Gasteiger partial charge in [0, 0.05) is 11.4 Å². The molecule has 0 aromatic heterocycles. The van der Waals surface area contributed by atoms with Gasteiger partial charge in [-0.2, -0.15) is 0 Å². The number of hydrogen-bond acceptors (Lipinski definition) is 4. The van der Waals surface area contributed by atoms with Crippen LogP contribution in [0.4, 0.5) is 0 Å². The van der Waals surface area contributed by atoms with E-state index in [1.807, 2.05) is 0 Å². The molecule has 1 aliphatic carbocycles. The summed E-state index contributed by atoms with van der Waals surface area (Å²) in [4.78, 5) is 0. The monoisotopic (exact) mass is 430 g/mol. The highest BCUT2D eigenvalue weighted by Gasteiger charge is 2.63. The molecule has 0 aliphatic heterocycles. The second-order valence-electron chi connectivity index (χ2n) is 12.0. The quantitative estimate of drug-likeness (QED) is 0.514. The Balaban J connectivity index is 4.27. The summed E-state index contributed by atoms with van der Waals surface area (Å²) < 4.78 is 0. The first-order valence-electron chi connectivity index (χ1n) is 9.52. The number of nitrogens with two attached hydrogens (primary N) is 2. The van der Waals surface area contributed by atoms with Crippen molar-refractivity contribution in [3.8, 4) is 0 Å². The molecule has 0 radical (unpaired) electrons. The van der Waals surface area contributed by atoms with Crippen LogP contribution in [0.25, 0.3) is 0 Å². The Hall–Kier alpha value is -0.132. The van der Waals surface area contributed by atoms with E-state index in [2.05, 4.69) is 78.6 Å². The third-order valence-corrected chi connectivity index (χ3v) is 15.9. The minimum absolute atomic E-state index is 0.521. The fourth-order valence-electron chi connectivity index (χ4n) is 4.47. The fourth-order valence-corrected chi connectivity index (χ4v) is 17.3. The van der Waals surface area contributed by atoms with Crippen LogP contribution in [0.3, 0.4) is 0 Å². The van der Waals surface area contributed by atoms with Crippen LogP contribution in [-0.2, 0) is 0 Å². The molecule has 8 heteroatoms. The summed E-state index contributed by atoms with van der Waals surface area (Å²) in [6, 6.07) is 0. The van der Waals surface area contributed by atoms with Crippen molar-refractivity contribution in [3.63, 3.8) is 0 Å². The molecule has 1 aliphatic rings. The predicted octanol–water partition coefficient (Wildman–Crippen LogP) is 3.40. The van der Waals surface area contributed by atoms with E-state index >= 15 is 0 Å². The molecule has 4 nitrogen and oxygen atoms in total. The zero-order chi connectivity index (χ0) is 21.3. The summed E-state index contributed by atoms with van der Waals surface area (Å²) in [5.41, 5.74) is 14.7. The highest BCUT2D eigenvalue weighted by Crippen LogP contribution is 2.52. The van der Waals surface area contributed by atoms with Gasteiger partial charge in [-0.25, -0.2) is 0 Å². The summed E-state index contributed by atoms with van der Waals surface area (Å²) in [5, 5.41) is 23.7. The van der Waals surface area contributed by atoms with E-state index in [0.717, 1.165) is 10.4 Å². The summed E-state index contributed by atoms with van der Waals surface area (Å²) in [6.45, 7) is 26.0. The molecular formula is C18H42N2O2Si4. The van der Waals surface area contributed by atoms with Crippen LogP contribution in [-0.4, -0.2) is 53.0 Å². The van der Waals surface area contributed by atoms with Crippen LogP contribution in [0.2, 0.25) is 78.6 Å². The number of rotatable bonds is 4. The van der Waals surface area contributed by atoms with Crippen LogP contribution in [0.15, 0.2) is 21.8 Å². The van der Waals surface area contributed by atoms with Crippen LogP contribution in [0.1, 0.15) is 0 Å². The maximum absolute atomic E-state index is 12.2. The van der Waals surface area contributed by atoms with E-state index in [1.165, 1.54) is 0 Å². The van der Waals surface area contributed by atoms with Gasteiger partial charge in [-0.1, -0.05) is 78.6 Å². The molecule has 152 valence electrons. The van der Waals surface area contributed by atoms with Gasteiger partial charge in [0.25, 0.3) is 0 Å². The van der Waals surface area contributed by atoms with Gasteiger partial charge in [0.1, 0.15) is 10.4 Å². The highest BCUT2D eigenvalue weighted by atomic mass is 28.3. The molecule has 0 aromatic carbocycles. The average molecular weight is 431 g/mol. The van der Waals surface area contributed by atoms with Crippen molar-refractivity contribution in [1.82, 2.24) is 0 Å². The number of hydrogen-bond donors (Lipinski definition) is 4. The lowest BCUT2D eigenvalue weighted by Gasteiger charge is -2.57. The van der Waals surface area contributed by atoms with Crippen LogP contribution in [0, 0.1) is 0 Å². The molecule has 0 spiro atoms. The van der Waals surface area contributed by atoms with Gasteiger partial charge in [-0.05, 0) is 10.4 Å². The van der Waals surface area contributed by atoms with Gasteiger partial charge in [0.2, 0.25) is 0 Å². The fraction of sp³-hybridized carbons (Fsp3) is 0.778. The lowest BCUT2D eigenvalue weighted by atomic mass is 10.0. The Bertz CT molecular complexity index is 603. The lowest BCUT2D eigenvalue weighted by molar-refractivity contribution is 0.151. The molecule has 6 N–H and O–H groups in total. The predicted molar refractivity (Wildman–Crippen MR) is 126 cm³/mol. The van der Waals surface area contributed by atoms with E-state index in [4.69, 9.17) is 11.5 Å². The number of aliphatic hydroxyl groups is 2. The third kappa shape index (κ3) is 3.26. The Morgan fingerprint density at radius 2 is 0.731 bits per heavy atom. The standard InChI is InChI=1S/C18H42N2O2Si4/c1-23(2,3)15-13(19)18(22,26(10,11)12)16(24(4,5)6)14(20)17(15,21)25(7,8)9/h21-22H,19-20H2,1-12H3. The second kappa shape index (κ2) is 6.18. The molecule has 0 saturated carbocycles. The van der Waals surface area contributed by atoms with Gasteiger partial charge in [-0.15, -0.1) is 0 Å². The van der Waals surface area contributed by atoms with Gasteiger partial charge < -0.3 is 21.7 Å². The van der Waals surface area contributed by atoms with Crippen LogP contribution >= 0.6 is 0 Å². The minimum Gasteiger partial charge on any atom is -0.400 e. The van der Waals surface area contributed by atoms with Gasteiger partial charge in [-0.3, -0.25) is 0 Å². The first-order valence-corrected chi connectivity index (χ1v) is 23.5. The van der Waals surface area contributed by atoms with Crippen molar-refractivity contribution in [2.24, 2.45) is 11.5 Å². The first kappa shape index (κ1) is 23.9. The van der Waals surface area contributed by atoms with Crippen molar-refractivity contribution in [1.29, 1.82) is 0 Å². The topological polar surface area (TPSA) is 92.5 Å². The van der Waals surface area contributed by atoms with Crippen LogP contribution in [0.5, 0.6) is 0 Å². The smallest absolute Gasteiger partial charge is 0.110 e. The Labute approximate surface area is 164 Å². The Kier molecular flexibility index (Phi) is 5.68. The van der Waals surface area contributed by atoms with Crippen molar-refractivity contribution in [2.45, 2.75) is 89.0 Å². The first-order chi connectivity index (χ1) is 11.1. The molecule has 0 aromatic rings. The van der Waals surface area contributed by atoms with Crippen molar-refractivity contribution >= 4 is 32.3 Å². The van der Waals surface area contributed by atoms with E-state index in [-0.39, 0.29) is 0 Å². The Morgan fingerprint density at radius 3 is 0.846 bits per heavy atom. The molecule has 2 unspecified atom stereocenters. The van der Waals surface area contributed by atoms with E-state index < -0.39 is 42.7 Å². The normalized spacial score (nSPS) is 29.5. The highest BCUT2D eigenvalue weighted by molar-refractivity contribution is 6.93. The van der Waals surface area contributed by atoms with Gasteiger partial charge in [0.05, 0.1) is 32.3 Å². The van der Waals surface area contributed by atoms with E-state index in [9.17, 15) is 10.2 Å². The third-order valence-electron chi connectivity index (χ3n) is 5.71. The summed E-state index contributed by atoms with van der Waals surface area (Å²) in [5.74, 6) is 0. The van der Waals surface area contributed by atoms with Crippen molar-refractivity contribution in [3.05, 3.63) is 21.8 Å². The summed E-state index contributed by atoms with van der Waals surface area (Å²) in [7, 11) is -8.53. The maximum atomic E-state index is 12.2. The maximum Gasteiger partial charge on any atom is 0.110 e. The molecule has 0 heterocycles. The lowest BCUT2D eigenvalue weighted by Crippen LogP contribution is -2.72. The molecule has 0 bridgehead atoms. The van der Waals surface area contributed by atoms with E-state index in [1.54, 1.807) is 0 Å². The SMILES string of the molecule is C[Si](C)(C)C1=C(N)C(O)([Si](C)(C)C)C([Si](C)(C)C)=C(N)C1(O)[Si](C)(C)C. The molecule has 0 fully saturated rings. The summed E-state index contributed by atoms with van der Waals surface area (Å²) >= 11 is 0. The van der Waals surface area contributed by atoms with Gasteiger partial charge >= 0.3 is 0 Å². The Morgan fingerprint density at radius 1 is 0.538 bits per heavy atom. The van der Waals surface area contributed by atoms with Crippen molar-refractivity contribution in [2.75, 3.05) is 0 Å². The average Bonchev–Trinajstić information content (AvgIpc) is 2.30.